The molecule has 2 aliphatic rings. The number of carbonyl (C=O) groups excluding carboxylic acids is 2. The predicted molar refractivity (Wildman–Crippen MR) is 130 cm³/mol. The Morgan fingerprint density at radius 3 is 2.38 bits per heavy atom. The molecule has 3 aromatic carbocycles. The van der Waals surface area contributed by atoms with Crippen molar-refractivity contribution in [2.75, 3.05) is 14.2 Å². The van der Waals surface area contributed by atoms with Gasteiger partial charge in [0, 0.05) is 47.3 Å². The lowest BCUT2D eigenvalue weighted by molar-refractivity contribution is -0.169. The van der Waals surface area contributed by atoms with Crippen molar-refractivity contribution < 1.29 is 19.1 Å². The number of nitrogens with zero attached hydrogens (tertiary/aromatic N) is 2. The van der Waals surface area contributed by atoms with E-state index < -0.39 is 11.6 Å². The lowest BCUT2D eigenvalue weighted by Crippen LogP contribution is -2.45. The zero-order chi connectivity index (χ0) is 23.4. The monoisotopic (exact) mass is 453 g/mol. The summed E-state index contributed by atoms with van der Waals surface area (Å²) in [6, 6.07) is 16.2. The number of benzene rings is 3. The molecule has 7 rings (SSSR count). The van der Waals surface area contributed by atoms with Crippen LogP contribution in [0.5, 0.6) is 0 Å². The highest BCUT2D eigenvalue weighted by Gasteiger charge is 2.47. The topological polar surface area (TPSA) is 74.5 Å². The second kappa shape index (κ2) is 6.39. The summed E-state index contributed by atoms with van der Waals surface area (Å²) in [5.74, 6) is -1.00. The molecule has 0 spiro atoms. The molecule has 34 heavy (non-hydrogen) atoms. The Bertz CT molecular complexity index is 1730. The first-order valence-corrected chi connectivity index (χ1v) is 11.4. The third kappa shape index (κ3) is 2.07. The number of hydrogen-bond donors (Lipinski definition) is 1. The van der Waals surface area contributed by atoms with E-state index in [1.165, 1.54) is 7.11 Å². The van der Waals surface area contributed by atoms with Crippen LogP contribution < -0.4 is 5.32 Å². The van der Waals surface area contributed by atoms with Crippen molar-refractivity contribution in [3.8, 4) is 0 Å². The standard InChI is InChI=1S/C27H23N3O4/c1-27(34-3)17(26(32)33-2)13-29-18-10-6-4-8-14(18)21-22-16(12-28-25(22)31)20-15-9-5-7-11-19(15)30(27)24(20)23(21)29/h4-11,17H,12-13H2,1-3H3,(H,28,31). The summed E-state index contributed by atoms with van der Waals surface area (Å²) < 4.78 is 15.8. The van der Waals surface area contributed by atoms with Crippen LogP contribution in [0.25, 0.3) is 43.6 Å². The molecule has 0 saturated heterocycles. The number of hydrogen-bond acceptors (Lipinski definition) is 4. The zero-order valence-electron chi connectivity index (χ0n) is 19.1. The average Bonchev–Trinajstić information content (AvgIpc) is 3.49. The SMILES string of the molecule is COC(=O)C1Cn2c3ccccc3c3c4c(c5c6ccccc6n(c5c32)C1(C)OC)CNC4=O. The third-order valence-corrected chi connectivity index (χ3v) is 7.93. The summed E-state index contributed by atoms with van der Waals surface area (Å²) in [7, 11) is 3.06. The smallest absolute Gasteiger partial charge is 0.315 e. The first kappa shape index (κ1) is 19.6. The molecule has 4 heterocycles. The van der Waals surface area contributed by atoms with E-state index in [2.05, 4.69) is 38.7 Å². The Morgan fingerprint density at radius 1 is 1.00 bits per heavy atom. The molecule has 1 amide bonds. The first-order chi connectivity index (χ1) is 16.5. The molecule has 7 nitrogen and oxygen atoms in total. The van der Waals surface area contributed by atoms with Crippen molar-refractivity contribution in [2.45, 2.75) is 25.7 Å². The Hall–Kier alpha value is -3.84. The van der Waals surface area contributed by atoms with Gasteiger partial charge in [-0.2, -0.15) is 0 Å². The second-order valence-electron chi connectivity index (χ2n) is 9.30. The first-order valence-electron chi connectivity index (χ1n) is 11.4. The summed E-state index contributed by atoms with van der Waals surface area (Å²) >= 11 is 0. The molecular weight excluding hydrogens is 430 g/mol. The van der Waals surface area contributed by atoms with E-state index in [1.54, 1.807) is 7.11 Å². The van der Waals surface area contributed by atoms with Gasteiger partial charge < -0.3 is 23.9 Å². The predicted octanol–water partition coefficient (Wildman–Crippen LogP) is 4.27. The van der Waals surface area contributed by atoms with Crippen LogP contribution in [0.2, 0.25) is 0 Å². The highest BCUT2D eigenvalue weighted by molar-refractivity contribution is 6.31. The van der Waals surface area contributed by atoms with E-state index in [0.29, 0.717) is 13.1 Å². The number of fused-ring (bicyclic) bond motifs is 9. The van der Waals surface area contributed by atoms with E-state index in [0.717, 1.165) is 54.7 Å². The van der Waals surface area contributed by atoms with Crippen LogP contribution in [0.1, 0.15) is 22.8 Å². The molecule has 5 aromatic rings. The summed E-state index contributed by atoms with van der Waals surface area (Å²) in [5, 5.41) is 7.08. The largest absolute Gasteiger partial charge is 0.469 e. The van der Waals surface area contributed by atoms with Gasteiger partial charge in [-0.15, -0.1) is 0 Å². The Morgan fingerprint density at radius 2 is 1.68 bits per heavy atom. The van der Waals surface area contributed by atoms with Gasteiger partial charge in [0.15, 0.2) is 5.72 Å². The molecule has 1 N–H and O–H groups in total. The quantitative estimate of drug-likeness (QED) is 0.405. The second-order valence-corrected chi connectivity index (χ2v) is 9.30. The van der Waals surface area contributed by atoms with Crippen LogP contribution in [0, 0.1) is 5.92 Å². The number of aromatic nitrogens is 2. The number of methoxy groups -OCH3 is 2. The van der Waals surface area contributed by atoms with Crippen LogP contribution in [0.3, 0.4) is 0 Å². The van der Waals surface area contributed by atoms with Gasteiger partial charge in [0.05, 0.1) is 29.2 Å². The minimum Gasteiger partial charge on any atom is -0.469 e. The van der Waals surface area contributed by atoms with E-state index in [4.69, 9.17) is 9.47 Å². The van der Waals surface area contributed by atoms with Gasteiger partial charge in [-0.3, -0.25) is 9.59 Å². The highest BCUT2D eigenvalue weighted by atomic mass is 16.5. The average molecular weight is 453 g/mol. The number of rotatable bonds is 2. The van der Waals surface area contributed by atoms with Gasteiger partial charge in [0.25, 0.3) is 5.91 Å². The van der Waals surface area contributed by atoms with Gasteiger partial charge in [-0.1, -0.05) is 36.4 Å². The summed E-state index contributed by atoms with van der Waals surface area (Å²) in [4.78, 5) is 26.5. The maximum absolute atomic E-state index is 13.3. The van der Waals surface area contributed by atoms with Gasteiger partial charge in [0.1, 0.15) is 5.92 Å². The molecule has 0 saturated carbocycles. The number of nitrogens with one attached hydrogen (secondary N) is 1. The molecule has 0 aliphatic carbocycles. The van der Waals surface area contributed by atoms with Crippen LogP contribution in [0.4, 0.5) is 0 Å². The molecule has 2 unspecified atom stereocenters. The lowest BCUT2D eigenvalue weighted by Gasteiger charge is -2.36. The van der Waals surface area contributed by atoms with Crippen molar-refractivity contribution >= 4 is 55.5 Å². The van der Waals surface area contributed by atoms with Gasteiger partial charge in [-0.25, -0.2) is 0 Å². The molecule has 0 radical (unpaired) electrons. The van der Waals surface area contributed by atoms with E-state index in [-0.39, 0.29) is 11.9 Å². The Kier molecular flexibility index (Phi) is 3.69. The third-order valence-electron chi connectivity index (χ3n) is 7.93. The van der Waals surface area contributed by atoms with Crippen LogP contribution >= 0.6 is 0 Å². The van der Waals surface area contributed by atoms with E-state index in [1.807, 2.05) is 31.2 Å². The molecule has 7 heteroatoms. The molecule has 2 aromatic heterocycles. The maximum Gasteiger partial charge on any atom is 0.315 e. The van der Waals surface area contributed by atoms with Crippen LogP contribution in [-0.4, -0.2) is 35.2 Å². The molecule has 2 atom stereocenters. The molecule has 170 valence electrons. The molecular formula is C27H23N3O4. The molecule has 0 fully saturated rings. The van der Waals surface area contributed by atoms with Gasteiger partial charge in [0.2, 0.25) is 0 Å². The van der Waals surface area contributed by atoms with E-state index >= 15 is 0 Å². The van der Waals surface area contributed by atoms with Crippen molar-refractivity contribution in [3.63, 3.8) is 0 Å². The van der Waals surface area contributed by atoms with Crippen molar-refractivity contribution in [2.24, 2.45) is 5.92 Å². The number of para-hydroxylation sites is 2. The minimum atomic E-state index is -1.01. The van der Waals surface area contributed by atoms with Crippen molar-refractivity contribution in [1.29, 1.82) is 0 Å². The number of amides is 1. The van der Waals surface area contributed by atoms with Crippen LogP contribution in [0.15, 0.2) is 48.5 Å². The minimum absolute atomic E-state index is 0.0556. The lowest BCUT2D eigenvalue weighted by atomic mass is 9.95. The number of ether oxygens (including phenoxy) is 2. The number of carbonyl (C=O) groups is 2. The fourth-order valence-electron chi connectivity index (χ4n) is 6.36. The Balaban J connectivity index is 1.85. The van der Waals surface area contributed by atoms with E-state index in [9.17, 15) is 9.59 Å². The number of esters is 1. The summed E-state index contributed by atoms with van der Waals surface area (Å²) in [6.07, 6.45) is 0. The van der Waals surface area contributed by atoms with Crippen LogP contribution in [-0.2, 0) is 33.1 Å². The highest BCUT2D eigenvalue weighted by Crippen LogP contribution is 2.50. The summed E-state index contributed by atoms with van der Waals surface area (Å²) in [5.41, 5.74) is 4.61. The fourth-order valence-corrected chi connectivity index (χ4v) is 6.36. The van der Waals surface area contributed by atoms with Crippen molar-refractivity contribution in [3.05, 3.63) is 59.7 Å². The zero-order valence-corrected chi connectivity index (χ0v) is 19.1. The van der Waals surface area contributed by atoms with Crippen molar-refractivity contribution in [1.82, 2.24) is 14.5 Å². The Labute approximate surface area is 194 Å². The molecule has 0 bridgehead atoms. The normalized spacial score (nSPS) is 21.5. The summed E-state index contributed by atoms with van der Waals surface area (Å²) in [6.45, 7) is 2.79. The molecule has 2 aliphatic heterocycles. The fraction of sp³-hybridized carbons (Fsp3) is 0.259. The van der Waals surface area contributed by atoms with Gasteiger partial charge >= 0.3 is 5.97 Å². The maximum atomic E-state index is 13.3. The van der Waals surface area contributed by atoms with Gasteiger partial charge in [-0.05, 0) is 24.6 Å².